The summed E-state index contributed by atoms with van der Waals surface area (Å²) in [6.45, 7) is 4.17. The topological polar surface area (TPSA) is 32.3 Å². The van der Waals surface area contributed by atoms with Gasteiger partial charge in [0.15, 0.2) is 0 Å². The average Bonchev–Trinajstić information content (AvgIpc) is 3.31. The van der Waals surface area contributed by atoms with Gasteiger partial charge in [-0.25, -0.2) is 0 Å². The molecule has 20 heavy (non-hydrogen) atoms. The van der Waals surface area contributed by atoms with Gasteiger partial charge in [0.2, 0.25) is 5.91 Å². The first-order valence-corrected chi connectivity index (χ1v) is 7.89. The molecule has 1 saturated heterocycles. The van der Waals surface area contributed by atoms with Crippen molar-refractivity contribution in [3.8, 4) is 0 Å². The highest BCUT2D eigenvalue weighted by molar-refractivity contribution is 5.80. The first-order chi connectivity index (χ1) is 9.81. The Balaban J connectivity index is 1.53. The average molecular weight is 272 g/mol. The Labute approximate surface area is 121 Å². The summed E-state index contributed by atoms with van der Waals surface area (Å²) in [6.07, 6.45) is 6.18. The van der Waals surface area contributed by atoms with Gasteiger partial charge in [0, 0.05) is 19.0 Å². The van der Waals surface area contributed by atoms with Crippen LogP contribution in [0.15, 0.2) is 24.3 Å². The van der Waals surface area contributed by atoms with Crippen molar-refractivity contribution in [2.75, 3.05) is 13.1 Å². The highest BCUT2D eigenvalue weighted by atomic mass is 16.2. The van der Waals surface area contributed by atoms with Crippen LogP contribution in [0, 0.1) is 5.92 Å². The van der Waals surface area contributed by atoms with E-state index in [4.69, 9.17) is 0 Å². The first kappa shape index (κ1) is 13.6. The normalized spacial score (nSPS) is 19.8. The van der Waals surface area contributed by atoms with Crippen molar-refractivity contribution in [1.82, 2.24) is 10.2 Å². The fourth-order valence-electron chi connectivity index (χ4n) is 2.89. The Hall–Kier alpha value is -1.35. The van der Waals surface area contributed by atoms with E-state index < -0.39 is 0 Å². The summed E-state index contributed by atoms with van der Waals surface area (Å²) in [5.74, 6) is 0.526. The summed E-state index contributed by atoms with van der Waals surface area (Å²) >= 11 is 0. The highest BCUT2D eigenvalue weighted by Gasteiger charge is 2.29. The molecule has 1 amide bonds. The minimum Gasteiger partial charge on any atom is -0.352 e. The third kappa shape index (κ3) is 3.83. The monoisotopic (exact) mass is 272 g/mol. The van der Waals surface area contributed by atoms with E-state index in [1.54, 1.807) is 0 Å². The zero-order chi connectivity index (χ0) is 13.8. The molecule has 2 aliphatic rings. The Morgan fingerprint density at radius 3 is 2.65 bits per heavy atom. The predicted molar refractivity (Wildman–Crippen MR) is 80.1 cm³/mol. The van der Waals surface area contributed by atoms with Crippen LogP contribution in [0.25, 0.3) is 0 Å². The third-order valence-electron chi connectivity index (χ3n) is 4.26. The Bertz CT molecular complexity index is 462. The molecule has 1 aromatic rings. The number of amides is 1. The van der Waals surface area contributed by atoms with Crippen LogP contribution >= 0.6 is 0 Å². The number of carbonyl (C=O) groups excluding carboxylic acids is 1. The molecular formula is C17H24N2O. The molecule has 2 fully saturated rings. The predicted octanol–water partition coefficient (Wildman–Crippen LogP) is 2.70. The van der Waals surface area contributed by atoms with Gasteiger partial charge in [-0.15, -0.1) is 0 Å². The minimum atomic E-state index is 0.228. The molecule has 1 heterocycles. The molecule has 0 radical (unpaired) electrons. The molecule has 3 rings (SSSR count). The number of likely N-dealkylation sites (tertiary alicyclic amines) is 1. The maximum atomic E-state index is 11.7. The number of hydrogen-bond donors (Lipinski definition) is 1. The molecular weight excluding hydrogens is 248 g/mol. The molecule has 1 aliphatic carbocycles. The van der Waals surface area contributed by atoms with Crippen molar-refractivity contribution in [2.45, 2.75) is 45.2 Å². The van der Waals surface area contributed by atoms with E-state index >= 15 is 0 Å². The van der Waals surface area contributed by atoms with Gasteiger partial charge < -0.3 is 5.32 Å². The molecule has 0 atom stereocenters. The van der Waals surface area contributed by atoms with Gasteiger partial charge >= 0.3 is 0 Å². The fourth-order valence-corrected chi connectivity index (χ4v) is 2.89. The molecule has 1 aromatic carbocycles. The summed E-state index contributed by atoms with van der Waals surface area (Å²) in [6, 6.07) is 8.65. The van der Waals surface area contributed by atoms with Crippen LogP contribution in [0.3, 0.4) is 0 Å². The number of hydrogen-bond acceptors (Lipinski definition) is 2. The maximum absolute atomic E-state index is 11.7. The zero-order valence-corrected chi connectivity index (χ0v) is 12.1. The van der Waals surface area contributed by atoms with Crippen molar-refractivity contribution in [2.24, 2.45) is 5.92 Å². The number of nitrogens with one attached hydrogen (secondary N) is 1. The van der Waals surface area contributed by atoms with Gasteiger partial charge in [-0.1, -0.05) is 30.7 Å². The SMILES string of the molecule is O=C(NCc1cccc(CN2CCCCC2)c1)C1CC1. The second-order valence-corrected chi connectivity index (χ2v) is 6.15. The van der Waals surface area contributed by atoms with Crippen molar-refractivity contribution in [3.63, 3.8) is 0 Å². The van der Waals surface area contributed by atoms with Gasteiger partial charge in [-0.2, -0.15) is 0 Å². The number of piperidine rings is 1. The molecule has 0 spiro atoms. The molecule has 108 valence electrons. The molecule has 1 saturated carbocycles. The summed E-state index contributed by atoms with van der Waals surface area (Å²) < 4.78 is 0. The van der Waals surface area contributed by atoms with E-state index in [0.717, 1.165) is 19.4 Å². The minimum absolute atomic E-state index is 0.228. The van der Waals surface area contributed by atoms with Gasteiger partial charge in [-0.05, 0) is 49.9 Å². The summed E-state index contributed by atoms with van der Waals surface area (Å²) in [4.78, 5) is 14.2. The largest absolute Gasteiger partial charge is 0.352 e. The van der Waals surface area contributed by atoms with E-state index in [2.05, 4.69) is 34.5 Å². The lowest BCUT2D eigenvalue weighted by atomic mass is 10.1. The van der Waals surface area contributed by atoms with E-state index in [9.17, 15) is 4.79 Å². The quantitative estimate of drug-likeness (QED) is 0.894. The molecule has 3 nitrogen and oxygen atoms in total. The Kier molecular flexibility index (Phi) is 4.36. The van der Waals surface area contributed by atoms with Crippen molar-refractivity contribution >= 4 is 5.91 Å². The van der Waals surface area contributed by atoms with Crippen LogP contribution < -0.4 is 5.32 Å². The summed E-state index contributed by atoms with van der Waals surface area (Å²) in [5.41, 5.74) is 2.58. The molecule has 0 unspecified atom stereocenters. The van der Waals surface area contributed by atoms with Crippen LogP contribution in [-0.2, 0) is 17.9 Å². The fraction of sp³-hybridized carbons (Fsp3) is 0.588. The van der Waals surface area contributed by atoms with Crippen molar-refractivity contribution in [1.29, 1.82) is 0 Å². The number of rotatable bonds is 5. The van der Waals surface area contributed by atoms with Gasteiger partial charge in [0.25, 0.3) is 0 Å². The van der Waals surface area contributed by atoms with E-state index in [1.807, 2.05) is 0 Å². The number of carbonyl (C=O) groups is 1. The molecule has 0 bridgehead atoms. The molecule has 0 aromatic heterocycles. The van der Waals surface area contributed by atoms with Crippen molar-refractivity contribution < 1.29 is 4.79 Å². The molecule has 3 heteroatoms. The van der Waals surface area contributed by atoms with E-state index in [0.29, 0.717) is 12.5 Å². The van der Waals surface area contributed by atoms with Crippen LogP contribution in [-0.4, -0.2) is 23.9 Å². The lowest BCUT2D eigenvalue weighted by molar-refractivity contribution is -0.122. The van der Waals surface area contributed by atoms with Gasteiger partial charge in [-0.3, -0.25) is 9.69 Å². The van der Waals surface area contributed by atoms with Crippen LogP contribution in [0.5, 0.6) is 0 Å². The Morgan fingerprint density at radius 2 is 1.90 bits per heavy atom. The second kappa shape index (κ2) is 6.40. The van der Waals surface area contributed by atoms with Crippen molar-refractivity contribution in [3.05, 3.63) is 35.4 Å². The summed E-state index contributed by atoms with van der Waals surface area (Å²) in [5, 5.41) is 3.04. The van der Waals surface area contributed by atoms with E-state index in [-0.39, 0.29) is 5.91 Å². The van der Waals surface area contributed by atoms with Gasteiger partial charge in [0.05, 0.1) is 0 Å². The third-order valence-corrected chi connectivity index (χ3v) is 4.26. The lowest BCUT2D eigenvalue weighted by Crippen LogP contribution is -2.29. The van der Waals surface area contributed by atoms with Crippen LogP contribution in [0.1, 0.15) is 43.2 Å². The van der Waals surface area contributed by atoms with Crippen LogP contribution in [0.2, 0.25) is 0 Å². The molecule has 1 N–H and O–H groups in total. The first-order valence-electron chi connectivity index (χ1n) is 7.89. The number of nitrogens with zero attached hydrogens (tertiary/aromatic N) is 1. The van der Waals surface area contributed by atoms with Gasteiger partial charge in [0.1, 0.15) is 0 Å². The molecule has 1 aliphatic heterocycles. The highest BCUT2D eigenvalue weighted by Crippen LogP contribution is 2.28. The Morgan fingerprint density at radius 1 is 1.15 bits per heavy atom. The van der Waals surface area contributed by atoms with E-state index in [1.165, 1.54) is 43.5 Å². The zero-order valence-electron chi connectivity index (χ0n) is 12.1. The standard InChI is InChI=1S/C17H24N2O/c20-17(16-7-8-16)18-12-14-5-4-6-15(11-14)13-19-9-2-1-3-10-19/h4-6,11,16H,1-3,7-10,12-13H2,(H,18,20). The second-order valence-electron chi connectivity index (χ2n) is 6.15. The lowest BCUT2D eigenvalue weighted by Gasteiger charge is -2.26. The summed E-state index contributed by atoms with van der Waals surface area (Å²) in [7, 11) is 0. The van der Waals surface area contributed by atoms with Crippen LogP contribution in [0.4, 0.5) is 0 Å². The number of benzene rings is 1. The smallest absolute Gasteiger partial charge is 0.223 e. The maximum Gasteiger partial charge on any atom is 0.223 e.